The van der Waals surface area contributed by atoms with E-state index in [4.69, 9.17) is 0 Å². The molecule has 0 aliphatic heterocycles. The summed E-state index contributed by atoms with van der Waals surface area (Å²) in [5, 5.41) is 19.4. The molecule has 0 saturated carbocycles. The number of hydrogen-bond acceptors (Lipinski definition) is 3. The lowest BCUT2D eigenvalue weighted by molar-refractivity contribution is 0.0735. The number of rotatable bonds is 6. The lowest BCUT2D eigenvalue weighted by Gasteiger charge is -2.33. The van der Waals surface area contributed by atoms with E-state index in [1.807, 2.05) is 72.6 Å². The average molecular weight is 271 g/mol. The van der Waals surface area contributed by atoms with E-state index in [2.05, 4.69) is 0 Å². The molecule has 0 aliphatic carbocycles. The van der Waals surface area contributed by atoms with Gasteiger partial charge >= 0.3 is 0 Å². The van der Waals surface area contributed by atoms with Gasteiger partial charge in [-0.2, -0.15) is 0 Å². The Kier molecular flexibility index (Phi) is 5.30. The summed E-state index contributed by atoms with van der Waals surface area (Å²) in [7, 11) is 1.93. The van der Waals surface area contributed by atoms with Crippen LogP contribution in [0.1, 0.15) is 23.2 Å². The Morgan fingerprint density at radius 2 is 1.10 bits per heavy atom. The maximum atomic E-state index is 9.72. The Hall–Kier alpha value is -1.68. The monoisotopic (exact) mass is 271 g/mol. The fourth-order valence-corrected chi connectivity index (χ4v) is 2.51. The summed E-state index contributed by atoms with van der Waals surface area (Å²) >= 11 is 0. The van der Waals surface area contributed by atoms with Crippen LogP contribution >= 0.6 is 0 Å². The van der Waals surface area contributed by atoms with Crippen molar-refractivity contribution < 1.29 is 10.2 Å². The fourth-order valence-electron chi connectivity index (χ4n) is 2.51. The highest BCUT2D eigenvalue weighted by Gasteiger charge is 2.24. The van der Waals surface area contributed by atoms with Gasteiger partial charge in [0.25, 0.3) is 0 Å². The maximum Gasteiger partial charge on any atom is 0.0628 e. The van der Waals surface area contributed by atoms with Crippen LogP contribution < -0.4 is 0 Å². The molecule has 2 N–H and O–H groups in total. The molecule has 0 bridgehead atoms. The first-order valence-electron chi connectivity index (χ1n) is 6.81. The van der Waals surface area contributed by atoms with Crippen LogP contribution in [-0.2, 0) is 0 Å². The molecule has 3 heteroatoms. The second-order valence-corrected chi connectivity index (χ2v) is 4.88. The first-order valence-corrected chi connectivity index (χ1v) is 6.81. The summed E-state index contributed by atoms with van der Waals surface area (Å²) in [5.74, 6) is 0. The molecule has 0 heterocycles. The van der Waals surface area contributed by atoms with Crippen LogP contribution in [-0.4, -0.2) is 35.4 Å². The fraction of sp³-hybridized carbons (Fsp3) is 0.294. The molecule has 2 aromatic rings. The number of benzene rings is 2. The molecular formula is C17H21NO2. The zero-order valence-electron chi connectivity index (χ0n) is 11.7. The van der Waals surface area contributed by atoms with Gasteiger partial charge in [0.1, 0.15) is 0 Å². The van der Waals surface area contributed by atoms with E-state index in [1.165, 1.54) is 0 Å². The molecule has 0 spiro atoms. The van der Waals surface area contributed by atoms with Crippen molar-refractivity contribution in [1.82, 2.24) is 4.90 Å². The Bertz CT molecular complexity index is 453. The van der Waals surface area contributed by atoms with Gasteiger partial charge in [-0.15, -0.1) is 0 Å². The second kappa shape index (κ2) is 7.20. The Labute approximate surface area is 120 Å². The third-order valence-corrected chi connectivity index (χ3v) is 3.70. The largest absolute Gasteiger partial charge is 0.394 e. The van der Waals surface area contributed by atoms with Gasteiger partial charge in [-0.25, -0.2) is 0 Å². The van der Waals surface area contributed by atoms with Crippen LogP contribution in [0.5, 0.6) is 0 Å². The number of hydrogen-bond donors (Lipinski definition) is 2. The van der Waals surface area contributed by atoms with Crippen molar-refractivity contribution in [3.8, 4) is 0 Å². The van der Waals surface area contributed by atoms with E-state index in [0.717, 1.165) is 11.1 Å². The van der Waals surface area contributed by atoms with Crippen molar-refractivity contribution in [2.24, 2.45) is 0 Å². The number of likely N-dealkylation sites (N-methyl/N-ethyl adjacent to an activating group) is 1. The topological polar surface area (TPSA) is 43.7 Å². The first-order chi connectivity index (χ1) is 9.77. The summed E-state index contributed by atoms with van der Waals surface area (Å²) in [6.07, 6.45) is 0. The van der Waals surface area contributed by atoms with Gasteiger partial charge in [0.15, 0.2) is 0 Å². The highest BCUT2D eigenvalue weighted by atomic mass is 16.3. The van der Waals surface area contributed by atoms with Gasteiger partial charge in [-0.3, -0.25) is 4.90 Å². The molecule has 2 atom stereocenters. The minimum Gasteiger partial charge on any atom is -0.394 e. The van der Waals surface area contributed by atoms with Crippen molar-refractivity contribution in [1.29, 1.82) is 0 Å². The smallest absolute Gasteiger partial charge is 0.0628 e. The third-order valence-electron chi connectivity index (χ3n) is 3.70. The molecule has 0 aromatic heterocycles. The van der Waals surface area contributed by atoms with Crippen LogP contribution in [0, 0.1) is 0 Å². The third kappa shape index (κ3) is 3.25. The van der Waals surface area contributed by atoms with Gasteiger partial charge in [0, 0.05) is 0 Å². The average Bonchev–Trinajstić information content (AvgIpc) is 2.51. The Morgan fingerprint density at radius 1 is 0.750 bits per heavy atom. The predicted molar refractivity (Wildman–Crippen MR) is 80.3 cm³/mol. The molecule has 2 rings (SSSR count). The minimum atomic E-state index is -0.131. The summed E-state index contributed by atoms with van der Waals surface area (Å²) in [4.78, 5) is 2.02. The molecule has 0 amide bonds. The molecule has 0 radical (unpaired) electrons. The molecule has 0 saturated heterocycles. The van der Waals surface area contributed by atoms with E-state index in [-0.39, 0.29) is 25.3 Å². The predicted octanol–water partition coefficient (Wildman–Crippen LogP) is 2.39. The highest BCUT2D eigenvalue weighted by molar-refractivity contribution is 5.23. The number of aliphatic hydroxyl groups excluding tert-OH is 2. The zero-order valence-corrected chi connectivity index (χ0v) is 11.7. The molecular weight excluding hydrogens is 250 g/mol. The molecule has 20 heavy (non-hydrogen) atoms. The van der Waals surface area contributed by atoms with Gasteiger partial charge in [0.2, 0.25) is 0 Å². The van der Waals surface area contributed by atoms with Crippen molar-refractivity contribution in [3.05, 3.63) is 71.8 Å². The summed E-state index contributed by atoms with van der Waals surface area (Å²) in [5.41, 5.74) is 2.10. The standard InChI is InChI=1S/C17H21NO2/c1-18(16(12-19)14-8-4-2-5-9-14)17(13-20)15-10-6-3-7-11-15/h2-11,16-17,19-20H,12-13H2,1H3/t16-,17-/m0/s1. The molecule has 0 aliphatic rings. The highest BCUT2D eigenvalue weighted by Crippen LogP contribution is 2.28. The van der Waals surface area contributed by atoms with Crippen molar-refractivity contribution in [2.75, 3.05) is 20.3 Å². The number of nitrogens with zero attached hydrogens (tertiary/aromatic N) is 1. The summed E-state index contributed by atoms with van der Waals surface area (Å²) < 4.78 is 0. The van der Waals surface area contributed by atoms with E-state index >= 15 is 0 Å². The van der Waals surface area contributed by atoms with E-state index in [0.29, 0.717) is 0 Å². The normalized spacial score (nSPS) is 14.2. The molecule has 0 fully saturated rings. The molecule has 0 unspecified atom stereocenters. The van der Waals surface area contributed by atoms with E-state index in [9.17, 15) is 10.2 Å². The minimum absolute atomic E-state index is 0.0177. The van der Waals surface area contributed by atoms with Crippen LogP contribution in [0.3, 0.4) is 0 Å². The van der Waals surface area contributed by atoms with Gasteiger partial charge in [-0.05, 0) is 18.2 Å². The van der Waals surface area contributed by atoms with Crippen molar-refractivity contribution in [3.63, 3.8) is 0 Å². The zero-order chi connectivity index (χ0) is 14.4. The van der Waals surface area contributed by atoms with Gasteiger partial charge in [-0.1, -0.05) is 60.7 Å². The van der Waals surface area contributed by atoms with Crippen LogP contribution in [0.2, 0.25) is 0 Å². The van der Waals surface area contributed by atoms with E-state index < -0.39 is 0 Å². The lowest BCUT2D eigenvalue weighted by atomic mass is 10.0. The van der Waals surface area contributed by atoms with Gasteiger partial charge < -0.3 is 10.2 Å². The van der Waals surface area contributed by atoms with Gasteiger partial charge in [0.05, 0.1) is 25.3 Å². The molecule has 3 nitrogen and oxygen atoms in total. The Balaban J connectivity index is 2.25. The van der Waals surface area contributed by atoms with Crippen molar-refractivity contribution >= 4 is 0 Å². The van der Waals surface area contributed by atoms with Crippen molar-refractivity contribution in [2.45, 2.75) is 12.1 Å². The number of aliphatic hydroxyl groups is 2. The Morgan fingerprint density at radius 3 is 1.40 bits per heavy atom. The lowest BCUT2D eigenvalue weighted by Crippen LogP contribution is -2.33. The summed E-state index contributed by atoms with van der Waals surface area (Å²) in [6.45, 7) is 0.0354. The molecule has 106 valence electrons. The quantitative estimate of drug-likeness (QED) is 0.848. The maximum absolute atomic E-state index is 9.72. The first kappa shape index (κ1) is 14.7. The summed E-state index contributed by atoms with van der Waals surface area (Å²) in [6, 6.07) is 19.5. The second-order valence-electron chi connectivity index (χ2n) is 4.88. The molecule has 2 aromatic carbocycles. The van der Waals surface area contributed by atoms with Crippen LogP contribution in [0.4, 0.5) is 0 Å². The van der Waals surface area contributed by atoms with Crippen LogP contribution in [0.15, 0.2) is 60.7 Å². The van der Waals surface area contributed by atoms with E-state index in [1.54, 1.807) is 0 Å². The van der Waals surface area contributed by atoms with Crippen LogP contribution in [0.25, 0.3) is 0 Å². The SMILES string of the molecule is CN([C@@H](CO)c1ccccc1)[C@@H](CO)c1ccccc1.